The maximum Gasteiger partial charge on any atom is 0.122 e. The highest BCUT2D eigenvalue weighted by Gasteiger charge is 2.31. The summed E-state index contributed by atoms with van der Waals surface area (Å²) in [5.74, 6) is 1.82. The Hall–Kier alpha value is -2.30. The minimum atomic E-state index is 0.213. The minimum Gasteiger partial charge on any atom is -0.490 e. The second-order valence-electron chi connectivity index (χ2n) is 8.02. The Labute approximate surface area is 178 Å². The number of nitrogens with zero attached hydrogens (tertiary/aromatic N) is 1. The van der Waals surface area contributed by atoms with Crippen LogP contribution in [0.4, 0.5) is 5.69 Å². The molecule has 152 valence electrons. The summed E-state index contributed by atoms with van der Waals surface area (Å²) >= 11 is 6.20. The lowest BCUT2D eigenvalue weighted by molar-refractivity contribution is 0.143. The molecule has 4 rings (SSSR count). The van der Waals surface area contributed by atoms with Crippen molar-refractivity contribution in [3.8, 4) is 5.75 Å². The van der Waals surface area contributed by atoms with Gasteiger partial charge in [-0.1, -0.05) is 36.4 Å². The highest BCUT2D eigenvalue weighted by Crippen LogP contribution is 2.35. The SMILES string of the molecule is C=C1CNCc2cc(Cl)ccc2N1C(=N)C1CCC(Oc2ccccc2C)CC1. The smallest absolute Gasteiger partial charge is 0.122 e. The number of rotatable bonds is 3. The molecule has 0 unspecified atom stereocenters. The number of ether oxygens (including phenoxy) is 1. The third-order valence-electron chi connectivity index (χ3n) is 5.93. The molecule has 29 heavy (non-hydrogen) atoms. The van der Waals surface area contributed by atoms with Gasteiger partial charge >= 0.3 is 0 Å². The summed E-state index contributed by atoms with van der Waals surface area (Å²) in [6.07, 6.45) is 4.06. The van der Waals surface area contributed by atoms with Crippen molar-refractivity contribution < 1.29 is 4.74 Å². The molecule has 0 bridgehead atoms. The van der Waals surface area contributed by atoms with Gasteiger partial charge in [0.05, 0.1) is 11.8 Å². The number of anilines is 1. The van der Waals surface area contributed by atoms with Crippen LogP contribution in [0.5, 0.6) is 5.75 Å². The van der Waals surface area contributed by atoms with Crippen LogP contribution in [0.1, 0.15) is 36.8 Å². The number of hydrogen-bond donors (Lipinski definition) is 2. The predicted octanol–water partition coefficient (Wildman–Crippen LogP) is 5.69. The Morgan fingerprint density at radius 3 is 2.66 bits per heavy atom. The monoisotopic (exact) mass is 409 g/mol. The first-order valence-electron chi connectivity index (χ1n) is 10.3. The third-order valence-corrected chi connectivity index (χ3v) is 6.17. The molecule has 0 saturated heterocycles. The standard InChI is InChI=1S/C24H28ClN3O/c1-16-5-3-4-6-23(16)29-21-10-7-18(8-11-21)24(26)28-17(2)14-27-15-19-13-20(25)9-12-22(19)28/h3-6,9,12-13,18,21,26-27H,2,7-8,10-11,14-15H2,1H3. The van der Waals surface area contributed by atoms with Crippen LogP contribution in [0, 0.1) is 18.3 Å². The lowest BCUT2D eigenvalue weighted by atomic mass is 9.85. The number of benzene rings is 2. The van der Waals surface area contributed by atoms with Gasteiger partial charge in [-0.05, 0) is 68.0 Å². The molecular weight excluding hydrogens is 382 g/mol. The quantitative estimate of drug-likeness (QED) is 0.506. The van der Waals surface area contributed by atoms with E-state index in [0.29, 0.717) is 12.4 Å². The fourth-order valence-electron chi connectivity index (χ4n) is 4.31. The normalized spacial score (nSPS) is 22.0. The molecule has 0 radical (unpaired) electrons. The summed E-state index contributed by atoms with van der Waals surface area (Å²) in [4.78, 5) is 2.03. The van der Waals surface area contributed by atoms with Crippen molar-refractivity contribution in [2.24, 2.45) is 5.92 Å². The lowest BCUT2D eigenvalue weighted by Crippen LogP contribution is -2.39. The summed E-state index contributed by atoms with van der Waals surface area (Å²) in [6, 6.07) is 14.1. The van der Waals surface area contributed by atoms with Gasteiger partial charge < -0.3 is 15.0 Å². The summed E-state index contributed by atoms with van der Waals surface area (Å²) in [6.45, 7) is 7.72. The first kappa shape index (κ1) is 20.0. The Kier molecular flexibility index (Phi) is 5.93. The van der Waals surface area contributed by atoms with Crippen LogP contribution in [0.15, 0.2) is 54.7 Å². The molecule has 4 nitrogen and oxygen atoms in total. The fraction of sp³-hybridized carbons (Fsp3) is 0.375. The maximum atomic E-state index is 8.97. The van der Waals surface area contributed by atoms with Crippen molar-refractivity contribution in [2.75, 3.05) is 11.4 Å². The van der Waals surface area contributed by atoms with Crippen molar-refractivity contribution in [3.63, 3.8) is 0 Å². The average molecular weight is 410 g/mol. The highest BCUT2D eigenvalue weighted by atomic mass is 35.5. The van der Waals surface area contributed by atoms with Crippen LogP contribution in [0.2, 0.25) is 5.02 Å². The van der Waals surface area contributed by atoms with Gasteiger partial charge in [-0.25, -0.2) is 0 Å². The molecule has 0 spiro atoms. The van der Waals surface area contributed by atoms with Gasteiger partial charge in [0.1, 0.15) is 11.6 Å². The molecule has 2 N–H and O–H groups in total. The van der Waals surface area contributed by atoms with Crippen LogP contribution in [0.25, 0.3) is 0 Å². The van der Waals surface area contributed by atoms with Gasteiger partial charge in [-0.3, -0.25) is 5.41 Å². The Bertz CT molecular complexity index is 918. The van der Waals surface area contributed by atoms with Crippen LogP contribution < -0.4 is 15.0 Å². The van der Waals surface area contributed by atoms with E-state index < -0.39 is 0 Å². The molecule has 2 aliphatic rings. The third kappa shape index (κ3) is 4.34. The summed E-state index contributed by atoms with van der Waals surface area (Å²) < 4.78 is 6.24. The lowest BCUT2D eigenvalue weighted by Gasteiger charge is -2.35. The van der Waals surface area contributed by atoms with Crippen molar-refractivity contribution in [1.29, 1.82) is 5.41 Å². The zero-order valence-electron chi connectivity index (χ0n) is 16.9. The van der Waals surface area contributed by atoms with Crippen LogP contribution in [-0.2, 0) is 6.54 Å². The fourth-order valence-corrected chi connectivity index (χ4v) is 4.50. The second-order valence-corrected chi connectivity index (χ2v) is 8.46. The van der Waals surface area contributed by atoms with Crippen molar-refractivity contribution in [2.45, 2.75) is 45.3 Å². The van der Waals surface area contributed by atoms with Gasteiger partial charge in [0.2, 0.25) is 0 Å². The van der Waals surface area contributed by atoms with E-state index in [-0.39, 0.29) is 12.0 Å². The number of hydrogen-bond acceptors (Lipinski definition) is 3. The molecule has 0 aromatic heterocycles. The molecule has 2 aromatic carbocycles. The number of aryl methyl sites for hydroxylation is 1. The topological polar surface area (TPSA) is 48.4 Å². The van der Waals surface area contributed by atoms with E-state index in [1.807, 2.05) is 41.3 Å². The van der Waals surface area contributed by atoms with E-state index >= 15 is 0 Å². The first-order chi connectivity index (χ1) is 14.0. The van der Waals surface area contributed by atoms with Crippen LogP contribution in [0.3, 0.4) is 0 Å². The molecule has 0 atom stereocenters. The van der Waals surface area contributed by atoms with E-state index in [9.17, 15) is 0 Å². The number of fused-ring (bicyclic) bond motifs is 1. The van der Waals surface area contributed by atoms with Crippen LogP contribution >= 0.6 is 11.6 Å². The van der Waals surface area contributed by atoms with E-state index in [1.54, 1.807) is 0 Å². The van der Waals surface area contributed by atoms with Crippen molar-refractivity contribution >= 4 is 23.1 Å². The Morgan fingerprint density at radius 2 is 1.90 bits per heavy atom. The summed E-state index contributed by atoms with van der Waals surface area (Å²) in [5, 5.41) is 13.1. The number of nitrogens with one attached hydrogen (secondary N) is 2. The average Bonchev–Trinajstić information content (AvgIpc) is 2.87. The number of halogens is 1. The second kappa shape index (κ2) is 8.60. The molecule has 1 aliphatic carbocycles. The zero-order chi connectivity index (χ0) is 20.4. The van der Waals surface area contributed by atoms with E-state index in [0.717, 1.165) is 59.9 Å². The molecule has 1 fully saturated rings. The van der Waals surface area contributed by atoms with Gasteiger partial charge in [-0.2, -0.15) is 0 Å². The number of para-hydroxylation sites is 1. The van der Waals surface area contributed by atoms with Gasteiger partial charge in [0.15, 0.2) is 0 Å². The van der Waals surface area contributed by atoms with Gasteiger partial charge in [0, 0.05) is 29.7 Å². The Morgan fingerprint density at radius 1 is 1.14 bits per heavy atom. The predicted molar refractivity (Wildman–Crippen MR) is 120 cm³/mol. The molecule has 1 heterocycles. The van der Waals surface area contributed by atoms with Crippen molar-refractivity contribution in [1.82, 2.24) is 5.32 Å². The van der Waals surface area contributed by atoms with Crippen molar-refractivity contribution in [3.05, 3.63) is 70.9 Å². The molecule has 1 aliphatic heterocycles. The molecule has 2 aromatic rings. The highest BCUT2D eigenvalue weighted by molar-refractivity contribution is 6.30. The largest absolute Gasteiger partial charge is 0.490 e. The minimum absolute atomic E-state index is 0.213. The molecule has 5 heteroatoms. The zero-order valence-corrected chi connectivity index (χ0v) is 17.6. The molecular formula is C24H28ClN3O. The molecule has 0 amide bonds. The van der Waals surface area contributed by atoms with Gasteiger partial charge in [0.25, 0.3) is 0 Å². The van der Waals surface area contributed by atoms with E-state index in [1.165, 1.54) is 5.56 Å². The maximum absolute atomic E-state index is 8.97. The first-order valence-corrected chi connectivity index (χ1v) is 10.7. The Balaban J connectivity index is 1.45. The van der Waals surface area contributed by atoms with E-state index in [4.69, 9.17) is 21.7 Å². The van der Waals surface area contributed by atoms with Crippen LogP contribution in [-0.4, -0.2) is 18.5 Å². The molecule has 1 saturated carbocycles. The summed E-state index contributed by atoms with van der Waals surface area (Å²) in [5.41, 5.74) is 4.21. The number of amidine groups is 1. The van der Waals surface area contributed by atoms with Gasteiger partial charge in [-0.15, -0.1) is 0 Å². The van der Waals surface area contributed by atoms with E-state index in [2.05, 4.69) is 24.9 Å². The summed E-state index contributed by atoms with van der Waals surface area (Å²) in [7, 11) is 0.